The second-order valence-corrected chi connectivity index (χ2v) is 6.46. The Balaban J connectivity index is 2.41. The summed E-state index contributed by atoms with van der Waals surface area (Å²) in [5.41, 5.74) is -1.76. The van der Waals surface area contributed by atoms with E-state index in [-0.39, 0.29) is 16.5 Å². The minimum absolute atomic E-state index is 0.0183. The van der Waals surface area contributed by atoms with Crippen LogP contribution in [0.3, 0.4) is 0 Å². The van der Waals surface area contributed by atoms with E-state index in [9.17, 15) is 27.6 Å². The Morgan fingerprint density at radius 1 is 1.14 bits per heavy atom. The summed E-state index contributed by atoms with van der Waals surface area (Å²) in [6.45, 7) is 2.44. The van der Waals surface area contributed by atoms with Crippen molar-refractivity contribution in [2.24, 2.45) is 0 Å². The van der Waals surface area contributed by atoms with Gasteiger partial charge < -0.3 is 15.2 Å². The van der Waals surface area contributed by atoms with Gasteiger partial charge in [-0.25, -0.2) is 0 Å². The van der Waals surface area contributed by atoms with Gasteiger partial charge in [0.15, 0.2) is 0 Å². The first-order valence-corrected chi connectivity index (χ1v) is 8.51. The van der Waals surface area contributed by atoms with Crippen molar-refractivity contribution < 1.29 is 37.4 Å². The van der Waals surface area contributed by atoms with Crippen molar-refractivity contribution in [2.45, 2.75) is 25.9 Å². The Bertz CT molecular complexity index is 975. The van der Waals surface area contributed by atoms with Gasteiger partial charge in [0, 0.05) is 6.92 Å². The summed E-state index contributed by atoms with van der Waals surface area (Å²) < 4.78 is 44.8. The largest absolute Gasteiger partial charge is 0.481 e. The highest BCUT2D eigenvalue weighted by molar-refractivity contribution is 6.34. The standard InChI is InChI=1S/C19H15ClF3NO5/c1-9(18(27)28)11-3-6-15(20)16(7-11)24-17(26)13-5-4-12(29-10(2)25)8-14(13)19(21,22)23/h3-9H,1-2H3,(H,24,26)(H,27,28). The number of halogens is 4. The molecule has 2 rings (SSSR count). The number of ether oxygens (including phenoxy) is 1. The summed E-state index contributed by atoms with van der Waals surface area (Å²) in [4.78, 5) is 34.6. The fourth-order valence-electron chi connectivity index (χ4n) is 2.43. The van der Waals surface area contributed by atoms with Gasteiger partial charge in [-0.1, -0.05) is 17.7 Å². The van der Waals surface area contributed by atoms with Gasteiger partial charge in [0.05, 0.1) is 27.8 Å². The van der Waals surface area contributed by atoms with Gasteiger partial charge in [0.25, 0.3) is 5.91 Å². The first kappa shape index (κ1) is 22.2. The maximum Gasteiger partial charge on any atom is 0.417 e. The number of aliphatic carboxylic acids is 1. The number of anilines is 1. The van der Waals surface area contributed by atoms with Gasteiger partial charge >= 0.3 is 18.1 Å². The topological polar surface area (TPSA) is 92.7 Å². The van der Waals surface area contributed by atoms with E-state index in [0.717, 1.165) is 19.1 Å². The molecular formula is C19H15ClF3NO5. The third-order valence-corrected chi connectivity index (χ3v) is 4.24. The second kappa shape index (κ2) is 8.52. The van der Waals surface area contributed by atoms with Crippen LogP contribution in [0.2, 0.25) is 5.02 Å². The smallest absolute Gasteiger partial charge is 0.417 e. The van der Waals surface area contributed by atoms with Crippen LogP contribution in [0.1, 0.15) is 41.3 Å². The molecule has 0 aromatic heterocycles. The molecule has 29 heavy (non-hydrogen) atoms. The molecule has 0 aliphatic heterocycles. The highest BCUT2D eigenvalue weighted by Crippen LogP contribution is 2.35. The molecule has 0 heterocycles. The quantitative estimate of drug-likeness (QED) is 0.529. The maximum atomic E-state index is 13.4. The Labute approximate surface area is 168 Å². The van der Waals surface area contributed by atoms with E-state index < -0.39 is 41.1 Å². The van der Waals surface area contributed by atoms with E-state index in [1.807, 2.05) is 0 Å². The highest BCUT2D eigenvalue weighted by Gasteiger charge is 2.36. The van der Waals surface area contributed by atoms with Crippen LogP contribution < -0.4 is 10.1 Å². The fraction of sp³-hybridized carbons (Fsp3) is 0.211. The third kappa shape index (κ3) is 5.47. The number of hydrogen-bond acceptors (Lipinski definition) is 4. The number of amides is 1. The molecule has 10 heteroatoms. The zero-order chi connectivity index (χ0) is 21.9. The van der Waals surface area contributed by atoms with Crippen molar-refractivity contribution >= 4 is 35.1 Å². The lowest BCUT2D eigenvalue weighted by molar-refractivity contribution is -0.139. The molecule has 0 saturated carbocycles. The molecular weight excluding hydrogens is 415 g/mol. The van der Waals surface area contributed by atoms with Crippen molar-refractivity contribution in [1.29, 1.82) is 0 Å². The summed E-state index contributed by atoms with van der Waals surface area (Å²) >= 11 is 5.98. The second-order valence-electron chi connectivity index (χ2n) is 6.05. The van der Waals surface area contributed by atoms with Crippen LogP contribution in [-0.2, 0) is 15.8 Å². The van der Waals surface area contributed by atoms with Crippen molar-refractivity contribution in [3.05, 3.63) is 58.1 Å². The van der Waals surface area contributed by atoms with Gasteiger partial charge in [-0.2, -0.15) is 13.2 Å². The van der Waals surface area contributed by atoms with Crippen LogP contribution >= 0.6 is 11.6 Å². The Morgan fingerprint density at radius 3 is 2.34 bits per heavy atom. The third-order valence-electron chi connectivity index (χ3n) is 3.91. The number of carbonyl (C=O) groups is 3. The number of carbonyl (C=O) groups excluding carboxylic acids is 2. The molecule has 1 atom stereocenters. The number of nitrogens with one attached hydrogen (secondary N) is 1. The van der Waals surface area contributed by atoms with E-state index in [2.05, 4.69) is 10.1 Å². The average Bonchev–Trinajstić information content (AvgIpc) is 2.61. The molecule has 2 aromatic carbocycles. The number of alkyl halides is 3. The fourth-order valence-corrected chi connectivity index (χ4v) is 2.59. The lowest BCUT2D eigenvalue weighted by Gasteiger charge is -2.16. The van der Waals surface area contributed by atoms with Crippen LogP contribution in [0.25, 0.3) is 0 Å². The van der Waals surface area contributed by atoms with E-state index in [1.165, 1.54) is 25.1 Å². The Hall–Kier alpha value is -3.07. The Kier molecular flexibility index (Phi) is 6.53. The number of benzene rings is 2. The number of rotatable bonds is 5. The number of carboxylic acids is 1. The van der Waals surface area contributed by atoms with Crippen LogP contribution in [0.4, 0.5) is 18.9 Å². The molecule has 1 unspecified atom stereocenters. The van der Waals surface area contributed by atoms with Crippen LogP contribution in [0.15, 0.2) is 36.4 Å². The zero-order valence-electron chi connectivity index (χ0n) is 15.1. The van der Waals surface area contributed by atoms with Crippen LogP contribution in [0.5, 0.6) is 5.75 Å². The number of carboxylic acid groups (broad SMARTS) is 1. The summed E-state index contributed by atoms with van der Waals surface area (Å²) in [6, 6.07) is 6.51. The first-order valence-electron chi connectivity index (χ1n) is 8.13. The van der Waals surface area contributed by atoms with E-state index >= 15 is 0 Å². The molecule has 2 N–H and O–H groups in total. The van der Waals surface area contributed by atoms with E-state index in [1.54, 1.807) is 0 Å². The predicted octanol–water partition coefficient (Wildman–Crippen LogP) is 4.72. The minimum Gasteiger partial charge on any atom is -0.481 e. The Morgan fingerprint density at radius 2 is 1.79 bits per heavy atom. The summed E-state index contributed by atoms with van der Waals surface area (Å²) in [7, 11) is 0. The van der Waals surface area contributed by atoms with Gasteiger partial charge in [-0.05, 0) is 42.8 Å². The summed E-state index contributed by atoms with van der Waals surface area (Å²) in [5, 5.41) is 11.4. The molecule has 0 saturated heterocycles. The van der Waals surface area contributed by atoms with Gasteiger partial charge in [-0.15, -0.1) is 0 Å². The lowest BCUT2D eigenvalue weighted by Crippen LogP contribution is -2.19. The average molecular weight is 430 g/mol. The van der Waals surface area contributed by atoms with Gasteiger partial charge in [0.2, 0.25) is 0 Å². The van der Waals surface area contributed by atoms with Gasteiger partial charge in [-0.3, -0.25) is 14.4 Å². The minimum atomic E-state index is -4.90. The maximum absolute atomic E-state index is 13.4. The van der Waals surface area contributed by atoms with Crippen LogP contribution in [0, 0.1) is 0 Å². The molecule has 6 nitrogen and oxygen atoms in total. The molecule has 0 aliphatic rings. The molecule has 0 bridgehead atoms. The van der Waals surface area contributed by atoms with Gasteiger partial charge in [0.1, 0.15) is 5.75 Å². The number of esters is 1. The first-order chi connectivity index (χ1) is 13.4. The molecule has 0 aliphatic carbocycles. The summed E-state index contributed by atoms with van der Waals surface area (Å²) in [5.74, 6) is -4.33. The monoisotopic (exact) mass is 429 g/mol. The molecule has 0 fully saturated rings. The molecule has 0 radical (unpaired) electrons. The van der Waals surface area contributed by atoms with E-state index in [4.69, 9.17) is 16.7 Å². The zero-order valence-corrected chi connectivity index (χ0v) is 15.9. The van der Waals surface area contributed by atoms with E-state index in [0.29, 0.717) is 11.6 Å². The molecule has 0 spiro atoms. The highest BCUT2D eigenvalue weighted by atomic mass is 35.5. The number of hydrogen-bond donors (Lipinski definition) is 2. The van der Waals surface area contributed by atoms with Crippen molar-refractivity contribution in [1.82, 2.24) is 0 Å². The normalized spacial score (nSPS) is 12.2. The van der Waals surface area contributed by atoms with Crippen molar-refractivity contribution in [3.63, 3.8) is 0 Å². The van der Waals surface area contributed by atoms with Crippen molar-refractivity contribution in [2.75, 3.05) is 5.32 Å². The summed E-state index contributed by atoms with van der Waals surface area (Å²) in [6.07, 6.45) is -4.90. The van der Waals surface area contributed by atoms with Crippen LogP contribution in [-0.4, -0.2) is 23.0 Å². The molecule has 1 amide bonds. The van der Waals surface area contributed by atoms with Crippen molar-refractivity contribution in [3.8, 4) is 5.75 Å². The molecule has 154 valence electrons. The lowest BCUT2D eigenvalue weighted by atomic mass is 10.0. The predicted molar refractivity (Wildman–Crippen MR) is 98.2 cm³/mol. The molecule has 2 aromatic rings. The SMILES string of the molecule is CC(=O)Oc1ccc(C(=O)Nc2cc(C(C)C(=O)O)ccc2Cl)c(C(F)(F)F)c1.